The summed E-state index contributed by atoms with van der Waals surface area (Å²) in [6.45, 7) is 1.71. The van der Waals surface area contributed by atoms with Crippen molar-refractivity contribution in [3.05, 3.63) is 71.3 Å². The number of aromatic amines is 2. The maximum Gasteiger partial charge on any atom is 0.459 e. The number of Topliss-reactive ketones (excluding diaryl/α,β-unsaturated/α-hetero) is 1. The standard InChI is InChI=1S/C23H19F5N6O/c1-2-6-18-29-19(20(30-18)22(24,25)23(26,27)28)17(35)12-13-9-10-15(14-7-4-3-5-8-14)16(11-13)21-31-33-34-32-21/h3-5,7-11H,2,6,12H2,1H3,(H,29,30)(H,31,32,33,34). The van der Waals surface area contributed by atoms with Crippen molar-refractivity contribution in [2.75, 3.05) is 0 Å². The summed E-state index contributed by atoms with van der Waals surface area (Å²) in [5.74, 6) is -6.12. The number of aryl methyl sites for hydroxylation is 1. The molecule has 2 heterocycles. The van der Waals surface area contributed by atoms with Crippen LogP contribution in [0, 0.1) is 0 Å². The van der Waals surface area contributed by atoms with E-state index in [9.17, 15) is 26.7 Å². The van der Waals surface area contributed by atoms with Gasteiger partial charge in [-0.3, -0.25) is 4.79 Å². The first kappa shape index (κ1) is 24.2. The lowest BCUT2D eigenvalue weighted by molar-refractivity contribution is -0.290. The number of nitrogens with zero attached hydrogens (tertiary/aromatic N) is 4. The quantitative estimate of drug-likeness (QED) is 0.258. The highest BCUT2D eigenvalue weighted by Crippen LogP contribution is 2.44. The summed E-state index contributed by atoms with van der Waals surface area (Å²) in [7, 11) is 0. The van der Waals surface area contributed by atoms with E-state index in [1.165, 1.54) is 0 Å². The van der Waals surface area contributed by atoms with Crippen molar-refractivity contribution in [2.24, 2.45) is 0 Å². The third kappa shape index (κ3) is 4.81. The molecule has 0 saturated carbocycles. The van der Waals surface area contributed by atoms with Gasteiger partial charge in [0.2, 0.25) is 5.82 Å². The summed E-state index contributed by atoms with van der Waals surface area (Å²) in [6.07, 6.45) is -5.80. The van der Waals surface area contributed by atoms with Gasteiger partial charge < -0.3 is 4.98 Å². The molecule has 0 atom stereocenters. The van der Waals surface area contributed by atoms with E-state index >= 15 is 0 Å². The number of aromatic nitrogens is 6. The molecule has 0 radical (unpaired) electrons. The first-order chi connectivity index (χ1) is 16.6. The van der Waals surface area contributed by atoms with Crippen molar-refractivity contribution < 1.29 is 26.7 Å². The summed E-state index contributed by atoms with van der Waals surface area (Å²) in [5.41, 5.74) is -0.0614. The SMILES string of the molecule is CCCc1nc(C(=O)Cc2ccc(-c3ccccc3)c(-c3nn[nH]n3)c2)c(C(F)(F)C(F)(F)F)[nH]1. The van der Waals surface area contributed by atoms with Crippen LogP contribution in [0.25, 0.3) is 22.5 Å². The van der Waals surface area contributed by atoms with Gasteiger partial charge in [-0.25, -0.2) is 4.98 Å². The number of nitrogens with one attached hydrogen (secondary N) is 2. The molecule has 0 aliphatic rings. The van der Waals surface area contributed by atoms with Gasteiger partial charge in [0.05, 0.1) is 0 Å². The van der Waals surface area contributed by atoms with Gasteiger partial charge >= 0.3 is 12.1 Å². The van der Waals surface area contributed by atoms with Crippen LogP contribution in [-0.2, 0) is 18.8 Å². The lowest BCUT2D eigenvalue weighted by Crippen LogP contribution is -2.35. The lowest BCUT2D eigenvalue weighted by Gasteiger charge is -2.19. The molecule has 0 unspecified atom stereocenters. The third-order valence-corrected chi connectivity index (χ3v) is 5.29. The molecule has 0 aliphatic heterocycles. The first-order valence-electron chi connectivity index (χ1n) is 10.6. The number of hydrogen-bond donors (Lipinski definition) is 2. The Hall–Kier alpha value is -3.96. The second-order valence-corrected chi connectivity index (χ2v) is 7.81. The zero-order valence-electron chi connectivity index (χ0n) is 18.3. The minimum Gasteiger partial charge on any atom is -0.340 e. The van der Waals surface area contributed by atoms with Crippen LogP contribution in [0.2, 0.25) is 0 Å². The Kier molecular flexibility index (Phi) is 6.46. The third-order valence-electron chi connectivity index (χ3n) is 5.29. The van der Waals surface area contributed by atoms with Gasteiger partial charge in [-0.05, 0) is 34.4 Å². The Bertz CT molecular complexity index is 1320. The minimum absolute atomic E-state index is 0.110. The van der Waals surface area contributed by atoms with Gasteiger partial charge in [0.15, 0.2) is 5.78 Å². The van der Waals surface area contributed by atoms with Crippen molar-refractivity contribution in [3.63, 3.8) is 0 Å². The molecule has 0 saturated heterocycles. The van der Waals surface area contributed by atoms with Crippen LogP contribution < -0.4 is 0 Å². The van der Waals surface area contributed by atoms with Crippen molar-refractivity contribution >= 4 is 5.78 Å². The predicted molar refractivity (Wildman–Crippen MR) is 116 cm³/mol. The molecule has 4 rings (SSSR count). The van der Waals surface area contributed by atoms with E-state index in [1.807, 2.05) is 35.3 Å². The summed E-state index contributed by atoms with van der Waals surface area (Å²) in [5, 5.41) is 13.8. The Morgan fingerprint density at radius 3 is 2.37 bits per heavy atom. The molecular weight excluding hydrogens is 471 g/mol. The number of H-pyrrole nitrogens is 2. The number of tetrazole rings is 1. The average molecular weight is 490 g/mol. The maximum absolute atomic E-state index is 14.2. The van der Waals surface area contributed by atoms with Gasteiger partial charge in [-0.2, -0.15) is 27.2 Å². The normalized spacial score (nSPS) is 12.2. The summed E-state index contributed by atoms with van der Waals surface area (Å²) in [6, 6.07) is 14.1. The minimum atomic E-state index is -5.89. The van der Waals surface area contributed by atoms with Crippen molar-refractivity contribution in [1.82, 2.24) is 30.6 Å². The van der Waals surface area contributed by atoms with Crippen LogP contribution in [0.15, 0.2) is 48.5 Å². The Morgan fingerprint density at radius 2 is 1.74 bits per heavy atom. The topological polar surface area (TPSA) is 100 Å². The maximum atomic E-state index is 14.2. The highest BCUT2D eigenvalue weighted by Gasteiger charge is 2.61. The van der Waals surface area contributed by atoms with E-state index in [0.717, 1.165) is 11.1 Å². The van der Waals surface area contributed by atoms with Gasteiger partial charge in [0.25, 0.3) is 0 Å². The van der Waals surface area contributed by atoms with Crippen LogP contribution in [0.4, 0.5) is 22.0 Å². The molecule has 2 aromatic heterocycles. The van der Waals surface area contributed by atoms with Gasteiger partial charge in [0.1, 0.15) is 17.2 Å². The zero-order valence-corrected chi connectivity index (χ0v) is 18.3. The van der Waals surface area contributed by atoms with E-state index in [1.54, 1.807) is 25.1 Å². The summed E-state index contributed by atoms with van der Waals surface area (Å²) >= 11 is 0. The highest BCUT2D eigenvalue weighted by molar-refractivity contribution is 5.97. The molecule has 0 fully saturated rings. The van der Waals surface area contributed by atoms with Gasteiger partial charge in [-0.1, -0.05) is 49.4 Å². The first-order valence-corrected chi connectivity index (χ1v) is 10.6. The fraction of sp³-hybridized carbons (Fsp3) is 0.261. The van der Waals surface area contributed by atoms with Gasteiger partial charge in [0, 0.05) is 18.4 Å². The Morgan fingerprint density at radius 1 is 1.00 bits per heavy atom. The largest absolute Gasteiger partial charge is 0.459 e. The van der Waals surface area contributed by atoms with Crippen molar-refractivity contribution in [2.45, 2.75) is 38.3 Å². The van der Waals surface area contributed by atoms with E-state index in [4.69, 9.17) is 0 Å². The van der Waals surface area contributed by atoms with E-state index < -0.39 is 35.7 Å². The Labute approximate surface area is 195 Å². The van der Waals surface area contributed by atoms with Gasteiger partial charge in [-0.15, -0.1) is 10.2 Å². The number of alkyl halides is 5. The van der Waals surface area contributed by atoms with Crippen LogP contribution in [0.1, 0.15) is 40.9 Å². The molecule has 0 amide bonds. The molecule has 7 nitrogen and oxygen atoms in total. The smallest absolute Gasteiger partial charge is 0.340 e. The van der Waals surface area contributed by atoms with Crippen LogP contribution in [0.5, 0.6) is 0 Å². The summed E-state index contributed by atoms with van der Waals surface area (Å²) < 4.78 is 67.6. The molecule has 2 aromatic carbocycles. The molecule has 2 N–H and O–H groups in total. The highest BCUT2D eigenvalue weighted by atomic mass is 19.4. The molecule has 0 bridgehead atoms. The second-order valence-electron chi connectivity index (χ2n) is 7.81. The van der Waals surface area contributed by atoms with Crippen molar-refractivity contribution in [1.29, 1.82) is 0 Å². The second kappa shape index (κ2) is 9.35. The monoisotopic (exact) mass is 490 g/mol. The van der Waals surface area contributed by atoms with Crippen LogP contribution in [0.3, 0.4) is 0 Å². The number of imidazole rings is 1. The molecule has 182 valence electrons. The van der Waals surface area contributed by atoms with Crippen molar-refractivity contribution in [3.8, 4) is 22.5 Å². The lowest BCUT2D eigenvalue weighted by atomic mass is 9.95. The number of hydrogen-bond acceptors (Lipinski definition) is 5. The number of benzene rings is 2. The fourth-order valence-corrected chi connectivity index (χ4v) is 3.65. The Balaban J connectivity index is 1.73. The number of carbonyl (C=O) groups is 1. The van der Waals surface area contributed by atoms with Crippen LogP contribution in [-0.4, -0.2) is 42.6 Å². The number of ketones is 1. The fourth-order valence-electron chi connectivity index (χ4n) is 3.65. The molecule has 0 spiro atoms. The zero-order chi connectivity index (χ0) is 25.2. The predicted octanol–water partition coefficient (Wildman–Crippen LogP) is 5.29. The molecule has 4 aromatic rings. The van der Waals surface area contributed by atoms with Crippen LogP contribution >= 0.6 is 0 Å². The number of carbonyl (C=O) groups excluding carboxylic acids is 1. The number of halogens is 5. The molecule has 35 heavy (non-hydrogen) atoms. The molecule has 12 heteroatoms. The average Bonchev–Trinajstić information content (AvgIpc) is 3.50. The molecular formula is C23H19F5N6O. The molecule has 0 aliphatic carbocycles. The van der Waals surface area contributed by atoms with E-state index in [-0.39, 0.29) is 18.1 Å². The van der Waals surface area contributed by atoms with E-state index in [2.05, 4.69) is 25.6 Å². The number of rotatable bonds is 8. The van der Waals surface area contributed by atoms with E-state index in [0.29, 0.717) is 17.5 Å². The summed E-state index contributed by atoms with van der Waals surface area (Å²) in [4.78, 5) is 18.8.